The number of amidine groups is 1. The standard InChI is InChI=1S/C20H24N6O4/c1-11(2)26-17(13-8-6-12(7-9-13)16(21)22)23-15-18(26)24-20(30)25(19(15)29)10-4-3-5-14(27)28/h6-9,11H,3-5,10H2,1-2H3,(H3,21,22)(H,24,30)(H,27,28). The Morgan fingerprint density at radius 1 is 1.23 bits per heavy atom. The minimum absolute atomic E-state index is 0.0166. The van der Waals surface area contributed by atoms with Gasteiger partial charge < -0.3 is 15.4 Å². The molecule has 0 saturated carbocycles. The van der Waals surface area contributed by atoms with Crippen molar-refractivity contribution in [2.24, 2.45) is 5.73 Å². The number of nitrogens with two attached hydrogens (primary N) is 1. The molecule has 0 spiro atoms. The number of carbonyl (C=O) groups is 1. The second kappa shape index (κ2) is 8.36. The molecule has 30 heavy (non-hydrogen) atoms. The van der Waals surface area contributed by atoms with E-state index in [1.807, 2.05) is 13.8 Å². The molecule has 2 heterocycles. The second-order valence-electron chi connectivity index (χ2n) is 7.33. The van der Waals surface area contributed by atoms with Crippen LogP contribution in [0.25, 0.3) is 22.6 Å². The number of unbranched alkanes of at least 4 members (excludes halogenated alkanes) is 1. The molecule has 3 rings (SSSR count). The first-order valence-corrected chi connectivity index (χ1v) is 9.62. The van der Waals surface area contributed by atoms with E-state index in [-0.39, 0.29) is 30.4 Å². The summed E-state index contributed by atoms with van der Waals surface area (Å²) in [6.45, 7) is 3.96. The molecule has 0 fully saturated rings. The number of fused-ring (bicyclic) bond motifs is 1. The third-order valence-electron chi connectivity index (χ3n) is 4.82. The second-order valence-corrected chi connectivity index (χ2v) is 7.33. The molecule has 0 aliphatic carbocycles. The molecule has 0 unspecified atom stereocenters. The summed E-state index contributed by atoms with van der Waals surface area (Å²) in [6, 6.07) is 6.84. The van der Waals surface area contributed by atoms with Crippen LogP contribution in [0.3, 0.4) is 0 Å². The van der Waals surface area contributed by atoms with Gasteiger partial charge in [-0.05, 0) is 26.7 Å². The highest BCUT2D eigenvalue weighted by Crippen LogP contribution is 2.26. The van der Waals surface area contributed by atoms with Crippen LogP contribution in [0.1, 0.15) is 44.7 Å². The maximum absolute atomic E-state index is 12.9. The fraction of sp³-hybridized carbons (Fsp3) is 0.350. The number of aromatic nitrogens is 4. The van der Waals surface area contributed by atoms with Crippen molar-refractivity contribution in [3.05, 3.63) is 50.7 Å². The Hall–Kier alpha value is -3.69. The number of nitrogen functional groups attached to an aromatic ring is 1. The Balaban J connectivity index is 2.09. The van der Waals surface area contributed by atoms with Gasteiger partial charge in [0, 0.05) is 30.1 Å². The van der Waals surface area contributed by atoms with Gasteiger partial charge >= 0.3 is 11.7 Å². The van der Waals surface area contributed by atoms with Crippen LogP contribution in [0.5, 0.6) is 0 Å². The molecular formula is C20H24N6O4. The first-order valence-electron chi connectivity index (χ1n) is 9.62. The van der Waals surface area contributed by atoms with Gasteiger partial charge in [0.25, 0.3) is 5.56 Å². The number of aromatic amines is 1. The first-order chi connectivity index (χ1) is 14.2. The summed E-state index contributed by atoms with van der Waals surface area (Å²) < 4.78 is 2.85. The molecule has 10 nitrogen and oxygen atoms in total. The van der Waals surface area contributed by atoms with E-state index in [1.165, 1.54) is 0 Å². The third-order valence-corrected chi connectivity index (χ3v) is 4.82. The summed E-state index contributed by atoms with van der Waals surface area (Å²) in [4.78, 5) is 43.4. The molecule has 0 saturated heterocycles. The van der Waals surface area contributed by atoms with E-state index in [0.29, 0.717) is 29.9 Å². The molecule has 0 aliphatic heterocycles. The highest BCUT2D eigenvalue weighted by Gasteiger charge is 2.20. The van der Waals surface area contributed by atoms with Gasteiger partial charge in [-0.3, -0.25) is 24.5 Å². The molecule has 0 atom stereocenters. The van der Waals surface area contributed by atoms with E-state index in [0.717, 1.165) is 10.1 Å². The Morgan fingerprint density at radius 2 is 1.90 bits per heavy atom. The van der Waals surface area contributed by atoms with Crippen LogP contribution in [0.15, 0.2) is 33.9 Å². The smallest absolute Gasteiger partial charge is 0.330 e. The first kappa shape index (κ1) is 21.0. The van der Waals surface area contributed by atoms with Crippen molar-refractivity contribution in [2.75, 3.05) is 0 Å². The number of carboxylic acid groups (broad SMARTS) is 1. The molecule has 158 valence electrons. The summed E-state index contributed by atoms with van der Waals surface area (Å²) in [5, 5.41) is 16.3. The van der Waals surface area contributed by atoms with Crippen molar-refractivity contribution in [3.63, 3.8) is 0 Å². The quantitative estimate of drug-likeness (QED) is 0.250. The van der Waals surface area contributed by atoms with Crippen molar-refractivity contribution in [1.29, 1.82) is 5.41 Å². The minimum atomic E-state index is -0.914. The minimum Gasteiger partial charge on any atom is -0.481 e. The Morgan fingerprint density at radius 3 is 2.47 bits per heavy atom. The lowest BCUT2D eigenvalue weighted by molar-refractivity contribution is -0.137. The summed E-state index contributed by atoms with van der Waals surface area (Å²) >= 11 is 0. The molecule has 1 aromatic carbocycles. The van der Waals surface area contributed by atoms with Crippen LogP contribution in [0.4, 0.5) is 0 Å². The fourth-order valence-electron chi connectivity index (χ4n) is 3.34. The number of benzene rings is 1. The number of imidazole rings is 1. The summed E-state index contributed by atoms with van der Waals surface area (Å²) in [5.74, 6) is -0.441. The lowest BCUT2D eigenvalue weighted by Gasteiger charge is -2.13. The van der Waals surface area contributed by atoms with Crippen molar-refractivity contribution < 1.29 is 9.90 Å². The van der Waals surface area contributed by atoms with Crippen molar-refractivity contribution in [1.82, 2.24) is 19.1 Å². The zero-order chi connectivity index (χ0) is 22.0. The molecule has 0 bridgehead atoms. The number of carboxylic acids is 1. The van der Waals surface area contributed by atoms with Gasteiger partial charge in [0.2, 0.25) is 0 Å². The van der Waals surface area contributed by atoms with Crippen LogP contribution < -0.4 is 17.0 Å². The molecule has 0 aliphatic rings. The average Bonchev–Trinajstić information content (AvgIpc) is 3.06. The van der Waals surface area contributed by atoms with E-state index in [2.05, 4.69) is 9.97 Å². The summed E-state index contributed by atoms with van der Waals surface area (Å²) in [5.41, 5.74) is 6.22. The molecule has 5 N–H and O–H groups in total. The van der Waals surface area contributed by atoms with E-state index in [4.69, 9.17) is 16.2 Å². The highest BCUT2D eigenvalue weighted by atomic mass is 16.4. The van der Waals surface area contributed by atoms with Crippen molar-refractivity contribution in [3.8, 4) is 11.4 Å². The van der Waals surface area contributed by atoms with Crippen LogP contribution in [-0.2, 0) is 11.3 Å². The summed E-state index contributed by atoms with van der Waals surface area (Å²) in [6.07, 6.45) is 0.746. The number of nitrogens with one attached hydrogen (secondary N) is 2. The molecule has 2 aromatic heterocycles. The fourth-order valence-corrected chi connectivity index (χ4v) is 3.34. The number of hydrogen-bond acceptors (Lipinski definition) is 5. The van der Waals surface area contributed by atoms with Crippen LogP contribution in [0, 0.1) is 5.41 Å². The maximum atomic E-state index is 12.9. The zero-order valence-corrected chi connectivity index (χ0v) is 16.8. The van der Waals surface area contributed by atoms with Gasteiger partial charge in [-0.1, -0.05) is 24.3 Å². The van der Waals surface area contributed by atoms with E-state index in [9.17, 15) is 14.4 Å². The predicted octanol–water partition coefficient (Wildman–Crippen LogP) is 1.67. The largest absolute Gasteiger partial charge is 0.481 e. The Bertz CT molecular complexity index is 1220. The SMILES string of the molecule is CC(C)n1c(-c2ccc(C(=N)N)cc2)nc2c(=O)n(CCCCC(=O)O)c(=O)[nH]c21. The number of rotatable bonds is 8. The Kier molecular flexibility index (Phi) is 5.86. The van der Waals surface area contributed by atoms with Gasteiger partial charge in [-0.25, -0.2) is 9.78 Å². The molecular weight excluding hydrogens is 388 g/mol. The highest BCUT2D eigenvalue weighted by molar-refractivity contribution is 5.95. The Labute approximate surface area is 171 Å². The lowest BCUT2D eigenvalue weighted by atomic mass is 10.1. The van der Waals surface area contributed by atoms with Gasteiger partial charge in [-0.15, -0.1) is 0 Å². The number of hydrogen-bond donors (Lipinski definition) is 4. The lowest BCUT2D eigenvalue weighted by Crippen LogP contribution is -2.35. The van der Waals surface area contributed by atoms with Gasteiger partial charge in [0.05, 0.1) is 0 Å². The maximum Gasteiger partial charge on any atom is 0.330 e. The number of nitrogens with zero attached hydrogens (tertiary/aromatic N) is 3. The number of H-pyrrole nitrogens is 1. The summed E-state index contributed by atoms with van der Waals surface area (Å²) in [7, 11) is 0. The van der Waals surface area contributed by atoms with E-state index in [1.54, 1.807) is 28.8 Å². The van der Waals surface area contributed by atoms with Crippen LogP contribution in [0.2, 0.25) is 0 Å². The van der Waals surface area contributed by atoms with Gasteiger partial charge in [0.15, 0.2) is 5.52 Å². The average molecular weight is 412 g/mol. The zero-order valence-electron chi connectivity index (χ0n) is 16.8. The van der Waals surface area contributed by atoms with E-state index < -0.39 is 17.2 Å². The predicted molar refractivity (Wildman–Crippen MR) is 113 cm³/mol. The number of aliphatic carboxylic acids is 1. The van der Waals surface area contributed by atoms with Crippen molar-refractivity contribution in [2.45, 2.75) is 45.7 Å². The topological polar surface area (TPSA) is 160 Å². The van der Waals surface area contributed by atoms with Gasteiger partial charge in [0.1, 0.15) is 17.3 Å². The third kappa shape index (κ3) is 4.02. The normalized spacial score (nSPS) is 11.3. The van der Waals surface area contributed by atoms with Crippen LogP contribution >= 0.6 is 0 Å². The molecule has 3 aromatic rings. The molecule has 0 radical (unpaired) electrons. The molecule has 0 amide bonds. The van der Waals surface area contributed by atoms with E-state index >= 15 is 0 Å². The molecule has 10 heteroatoms. The van der Waals surface area contributed by atoms with Crippen LogP contribution in [-0.4, -0.2) is 36.0 Å². The van der Waals surface area contributed by atoms with Crippen molar-refractivity contribution >= 4 is 23.0 Å². The van der Waals surface area contributed by atoms with Gasteiger partial charge in [-0.2, -0.15) is 0 Å². The monoisotopic (exact) mass is 412 g/mol.